The Hall–Kier alpha value is -3.89. The molecule has 168 valence electrons. The number of nitrogens with zero attached hydrogens (tertiary/aromatic N) is 5. The zero-order valence-corrected chi connectivity index (χ0v) is 18.2. The normalized spacial score (nSPS) is 13.6. The topological polar surface area (TPSA) is 131 Å². The quantitative estimate of drug-likeness (QED) is 0.549. The number of rotatable bonds is 6. The second kappa shape index (κ2) is 7.98. The molecule has 2 N–H and O–H groups in total. The van der Waals surface area contributed by atoms with Crippen LogP contribution in [0.2, 0.25) is 0 Å². The van der Waals surface area contributed by atoms with Crippen molar-refractivity contribution in [1.82, 2.24) is 19.6 Å². The summed E-state index contributed by atoms with van der Waals surface area (Å²) in [5.41, 5.74) is -0.172. The SMILES string of the molecule is CN(c1cc(Nc2cccnc2OC(=O)OC(C)(C)C)nc2c(C(=O)O)cnn12)C1CC1. The maximum Gasteiger partial charge on any atom is 0.515 e. The first kappa shape index (κ1) is 21.3. The standard InChI is InChI=1S/C21H24N6O5/c1-21(2,3)32-20(30)31-18-14(6-5-9-22-18)24-15-10-16(26(4)12-7-8-12)27-17(25-15)13(11-23-27)19(28)29/h5-6,9-12H,7-8H2,1-4H3,(H,24,25)(H,28,29). The third kappa shape index (κ3) is 4.56. The second-order valence-corrected chi connectivity index (χ2v) is 8.49. The van der Waals surface area contributed by atoms with Crippen LogP contribution in [-0.4, -0.2) is 55.5 Å². The Kier molecular flexibility index (Phi) is 5.33. The Balaban J connectivity index is 1.70. The zero-order chi connectivity index (χ0) is 23.0. The number of nitrogens with one attached hydrogen (secondary N) is 1. The minimum absolute atomic E-state index is 0.00693. The first-order valence-corrected chi connectivity index (χ1v) is 10.1. The van der Waals surface area contributed by atoms with Gasteiger partial charge in [0.05, 0.1) is 6.20 Å². The number of hydrogen-bond acceptors (Lipinski definition) is 9. The molecule has 32 heavy (non-hydrogen) atoms. The number of carbonyl (C=O) groups excluding carboxylic acids is 1. The number of aromatic carboxylic acids is 1. The number of pyridine rings is 1. The summed E-state index contributed by atoms with van der Waals surface area (Å²) in [6, 6.07) is 5.45. The molecule has 0 amide bonds. The lowest BCUT2D eigenvalue weighted by atomic mass is 10.2. The number of carboxylic acids is 1. The molecule has 0 radical (unpaired) electrons. The van der Waals surface area contributed by atoms with E-state index in [2.05, 4.69) is 20.4 Å². The summed E-state index contributed by atoms with van der Waals surface area (Å²) < 4.78 is 12.0. The molecule has 1 saturated carbocycles. The second-order valence-electron chi connectivity index (χ2n) is 8.49. The van der Waals surface area contributed by atoms with E-state index in [0.29, 0.717) is 23.4 Å². The average Bonchev–Trinajstić information content (AvgIpc) is 3.46. The number of fused-ring (bicyclic) bond motifs is 1. The van der Waals surface area contributed by atoms with Crippen LogP contribution in [0.25, 0.3) is 5.65 Å². The van der Waals surface area contributed by atoms with Crippen molar-refractivity contribution >= 4 is 35.1 Å². The number of anilines is 3. The minimum Gasteiger partial charge on any atom is -0.477 e. The van der Waals surface area contributed by atoms with Gasteiger partial charge in [0.1, 0.15) is 28.5 Å². The number of carbonyl (C=O) groups is 2. The van der Waals surface area contributed by atoms with Crippen LogP contribution >= 0.6 is 0 Å². The lowest BCUT2D eigenvalue weighted by Crippen LogP contribution is -2.26. The molecule has 1 aliphatic rings. The summed E-state index contributed by atoms with van der Waals surface area (Å²) in [6.07, 6.45) is 3.97. The van der Waals surface area contributed by atoms with Gasteiger partial charge in [-0.25, -0.2) is 19.6 Å². The van der Waals surface area contributed by atoms with Gasteiger partial charge < -0.3 is 24.8 Å². The molecule has 0 aromatic carbocycles. The molecular formula is C21H24N6O5. The van der Waals surface area contributed by atoms with E-state index in [-0.39, 0.29) is 17.1 Å². The first-order chi connectivity index (χ1) is 15.1. The summed E-state index contributed by atoms with van der Waals surface area (Å²) in [6.45, 7) is 5.19. The predicted molar refractivity (Wildman–Crippen MR) is 116 cm³/mol. The molecule has 0 saturated heterocycles. The van der Waals surface area contributed by atoms with Gasteiger partial charge in [-0.1, -0.05) is 0 Å². The smallest absolute Gasteiger partial charge is 0.477 e. The molecule has 11 nitrogen and oxygen atoms in total. The van der Waals surface area contributed by atoms with Gasteiger partial charge in [0.2, 0.25) is 5.88 Å². The van der Waals surface area contributed by atoms with E-state index in [9.17, 15) is 14.7 Å². The van der Waals surface area contributed by atoms with Crippen molar-refractivity contribution in [2.24, 2.45) is 0 Å². The van der Waals surface area contributed by atoms with Gasteiger partial charge in [-0.3, -0.25) is 0 Å². The van der Waals surface area contributed by atoms with Crippen molar-refractivity contribution in [1.29, 1.82) is 0 Å². The third-order valence-electron chi connectivity index (χ3n) is 4.74. The molecular weight excluding hydrogens is 416 g/mol. The van der Waals surface area contributed by atoms with Crippen LogP contribution in [0.5, 0.6) is 5.88 Å². The van der Waals surface area contributed by atoms with Crippen LogP contribution in [0.3, 0.4) is 0 Å². The minimum atomic E-state index is -1.12. The van der Waals surface area contributed by atoms with E-state index in [1.54, 1.807) is 39.0 Å². The van der Waals surface area contributed by atoms with Crippen LogP contribution in [0.15, 0.2) is 30.6 Å². The van der Waals surface area contributed by atoms with Gasteiger partial charge in [-0.15, -0.1) is 0 Å². The molecule has 0 unspecified atom stereocenters. The third-order valence-corrected chi connectivity index (χ3v) is 4.74. The predicted octanol–water partition coefficient (Wildman–Crippen LogP) is 3.48. The Morgan fingerprint density at radius 2 is 2.06 bits per heavy atom. The molecule has 0 spiro atoms. The molecule has 11 heteroatoms. The summed E-state index contributed by atoms with van der Waals surface area (Å²) in [7, 11) is 1.93. The van der Waals surface area contributed by atoms with E-state index in [1.807, 2.05) is 11.9 Å². The van der Waals surface area contributed by atoms with Crippen molar-refractivity contribution in [3.63, 3.8) is 0 Å². The lowest BCUT2D eigenvalue weighted by Gasteiger charge is -2.21. The average molecular weight is 440 g/mol. The van der Waals surface area contributed by atoms with Gasteiger partial charge in [-0.05, 0) is 45.7 Å². The molecule has 3 heterocycles. The monoisotopic (exact) mass is 440 g/mol. The van der Waals surface area contributed by atoms with Crippen molar-refractivity contribution in [3.05, 3.63) is 36.2 Å². The molecule has 0 bridgehead atoms. The van der Waals surface area contributed by atoms with Gasteiger partial charge >= 0.3 is 12.1 Å². The van der Waals surface area contributed by atoms with Crippen LogP contribution in [0.1, 0.15) is 44.0 Å². The zero-order valence-electron chi connectivity index (χ0n) is 18.2. The fraction of sp³-hybridized carbons (Fsp3) is 0.381. The Bertz CT molecular complexity index is 1180. The van der Waals surface area contributed by atoms with Crippen LogP contribution in [-0.2, 0) is 4.74 Å². The van der Waals surface area contributed by atoms with Crippen LogP contribution in [0.4, 0.5) is 22.1 Å². The number of hydrogen-bond donors (Lipinski definition) is 2. The Morgan fingerprint density at radius 1 is 1.31 bits per heavy atom. The van der Waals surface area contributed by atoms with Crippen LogP contribution in [0, 0.1) is 0 Å². The van der Waals surface area contributed by atoms with Gasteiger partial charge in [-0.2, -0.15) is 9.61 Å². The van der Waals surface area contributed by atoms with Crippen molar-refractivity contribution in [2.75, 3.05) is 17.3 Å². The van der Waals surface area contributed by atoms with Gasteiger partial charge in [0.15, 0.2) is 5.65 Å². The number of carboxylic acid groups (broad SMARTS) is 1. The van der Waals surface area contributed by atoms with Crippen molar-refractivity contribution < 1.29 is 24.2 Å². The Labute approximate surface area is 184 Å². The summed E-state index contributed by atoms with van der Waals surface area (Å²) in [4.78, 5) is 34.3. The van der Waals surface area contributed by atoms with E-state index < -0.39 is 17.7 Å². The highest BCUT2D eigenvalue weighted by atomic mass is 16.7. The van der Waals surface area contributed by atoms with Gasteiger partial charge in [0.25, 0.3) is 0 Å². The maximum absolute atomic E-state index is 12.1. The van der Waals surface area contributed by atoms with Gasteiger partial charge in [0, 0.05) is 25.4 Å². The van der Waals surface area contributed by atoms with E-state index in [1.165, 1.54) is 16.9 Å². The van der Waals surface area contributed by atoms with E-state index >= 15 is 0 Å². The van der Waals surface area contributed by atoms with Crippen molar-refractivity contribution in [2.45, 2.75) is 45.3 Å². The number of ether oxygens (including phenoxy) is 2. The molecule has 0 atom stereocenters. The maximum atomic E-state index is 12.1. The molecule has 3 aromatic heterocycles. The lowest BCUT2D eigenvalue weighted by molar-refractivity contribution is 0.0198. The fourth-order valence-corrected chi connectivity index (χ4v) is 3.12. The molecule has 1 aliphatic carbocycles. The molecule has 0 aliphatic heterocycles. The van der Waals surface area contributed by atoms with Crippen molar-refractivity contribution in [3.8, 4) is 5.88 Å². The largest absolute Gasteiger partial charge is 0.515 e. The molecule has 4 rings (SSSR count). The first-order valence-electron chi connectivity index (χ1n) is 10.1. The van der Waals surface area contributed by atoms with E-state index in [4.69, 9.17) is 9.47 Å². The highest BCUT2D eigenvalue weighted by Gasteiger charge is 2.29. The van der Waals surface area contributed by atoms with Crippen LogP contribution < -0.4 is 15.0 Å². The molecule has 3 aromatic rings. The highest BCUT2D eigenvalue weighted by Crippen LogP contribution is 2.33. The fourth-order valence-electron chi connectivity index (χ4n) is 3.12. The highest BCUT2D eigenvalue weighted by molar-refractivity contribution is 5.94. The van der Waals surface area contributed by atoms with E-state index in [0.717, 1.165) is 12.8 Å². The summed E-state index contributed by atoms with van der Waals surface area (Å²) in [5.74, 6) is -0.0801. The molecule has 1 fully saturated rings. The Morgan fingerprint density at radius 3 is 2.72 bits per heavy atom. The summed E-state index contributed by atoms with van der Waals surface area (Å²) >= 11 is 0. The summed E-state index contributed by atoms with van der Waals surface area (Å²) in [5, 5.41) is 16.8. The number of aromatic nitrogens is 4.